The number of benzene rings is 2. The summed E-state index contributed by atoms with van der Waals surface area (Å²) in [5, 5.41) is 3.17. The van der Waals surface area contributed by atoms with E-state index in [-0.39, 0.29) is 11.9 Å². The molecule has 94 valence electrons. The lowest BCUT2D eigenvalue weighted by Gasteiger charge is -2.17. The van der Waals surface area contributed by atoms with Crippen LogP contribution in [0.4, 0.5) is 10.1 Å². The van der Waals surface area contributed by atoms with Gasteiger partial charge >= 0.3 is 0 Å². The molecule has 1 unspecified atom stereocenters. The first-order valence-electron chi connectivity index (χ1n) is 5.54. The quantitative estimate of drug-likeness (QED) is 0.747. The maximum absolute atomic E-state index is 13.7. The van der Waals surface area contributed by atoms with Crippen molar-refractivity contribution in [2.45, 2.75) is 13.0 Å². The predicted molar refractivity (Wildman–Crippen MR) is 80.3 cm³/mol. The second-order valence-electron chi connectivity index (χ2n) is 4.01. The molecule has 0 aliphatic carbocycles. The van der Waals surface area contributed by atoms with E-state index >= 15 is 0 Å². The second kappa shape index (κ2) is 5.85. The fourth-order valence-electron chi connectivity index (χ4n) is 1.75. The normalized spacial score (nSPS) is 12.2. The predicted octanol–water partition coefficient (Wildman–Crippen LogP) is 5.52. The SMILES string of the molecule is CC(Nc1cc(Br)ccc1F)c1ccccc1Br. The molecule has 1 atom stereocenters. The van der Waals surface area contributed by atoms with E-state index in [1.54, 1.807) is 12.1 Å². The fourth-order valence-corrected chi connectivity index (χ4v) is 2.73. The molecular weight excluding hydrogens is 361 g/mol. The third-order valence-corrected chi connectivity index (χ3v) is 3.89. The van der Waals surface area contributed by atoms with Gasteiger partial charge in [-0.15, -0.1) is 0 Å². The zero-order chi connectivity index (χ0) is 13.1. The maximum Gasteiger partial charge on any atom is 0.146 e. The summed E-state index contributed by atoms with van der Waals surface area (Å²) < 4.78 is 15.5. The molecule has 1 N–H and O–H groups in total. The molecule has 2 aromatic carbocycles. The van der Waals surface area contributed by atoms with Crippen molar-refractivity contribution in [1.29, 1.82) is 0 Å². The van der Waals surface area contributed by atoms with Crippen molar-refractivity contribution in [3.63, 3.8) is 0 Å². The third-order valence-electron chi connectivity index (χ3n) is 2.67. The van der Waals surface area contributed by atoms with Crippen molar-refractivity contribution in [1.82, 2.24) is 0 Å². The highest BCUT2D eigenvalue weighted by molar-refractivity contribution is 9.10. The van der Waals surface area contributed by atoms with Gasteiger partial charge in [0.15, 0.2) is 0 Å². The zero-order valence-corrected chi connectivity index (χ0v) is 12.9. The maximum atomic E-state index is 13.7. The van der Waals surface area contributed by atoms with Gasteiger partial charge in [0.25, 0.3) is 0 Å². The molecule has 0 saturated heterocycles. The molecule has 2 aromatic rings. The molecule has 0 bridgehead atoms. The Hall–Kier alpha value is -0.870. The smallest absolute Gasteiger partial charge is 0.146 e. The van der Waals surface area contributed by atoms with Crippen LogP contribution in [-0.2, 0) is 0 Å². The zero-order valence-electron chi connectivity index (χ0n) is 9.75. The molecule has 4 heteroatoms. The monoisotopic (exact) mass is 371 g/mol. The first-order chi connectivity index (χ1) is 8.58. The minimum atomic E-state index is -0.253. The van der Waals surface area contributed by atoms with Crippen LogP contribution in [0.3, 0.4) is 0 Å². The van der Waals surface area contributed by atoms with Crippen LogP contribution in [0.2, 0.25) is 0 Å². The molecule has 0 aliphatic heterocycles. The Labute approximate surface area is 123 Å². The van der Waals surface area contributed by atoms with Gasteiger partial charge in [0, 0.05) is 15.0 Å². The molecule has 18 heavy (non-hydrogen) atoms. The highest BCUT2D eigenvalue weighted by Gasteiger charge is 2.11. The molecule has 0 saturated carbocycles. The van der Waals surface area contributed by atoms with Crippen LogP contribution >= 0.6 is 31.9 Å². The topological polar surface area (TPSA) is 12.0 Å². The summed E-state index contributed by atoms with van der Waals surface area (Å²) >= 11 is 6.84. The van der Waals surface area contributed by atoms with E-state index in [1.807, 2.05) is 31.2 Å². The van der Waals surface area contributed by atoms with Gasteiger partial charge in [-0.3, -0.25) is 0 Å². The number of rotatable bonds is 3. The molecule has 0 spiro atoms. The molecule has 0 aliphatic rings. The summed E-state index contributed by atoms with van der Waals surface area (Å²) in [6.45, 7) is 2.00. The average Bonchev–Trinajstić information content (AvgIpc) is 2.34. The van der Waals surface area contributed by atoms with Gasteiger partial charge in [0.1, 0.15) is 5.82 Å². The molecule has 0 radical (unpaired) electrons. The van der Waals surface area contributed by atoms with Crippen molar-refractivity contribution in [3.8, 4) is 0 Å². The lowest BCUT2D eigenvalue weighted by atomic mass is 10.1. The lowest BCUT2D eigenvalue weighted by Crippen LogP contribution is -2.08. The van der Waals surface area contributed by atoms with Crippen molar-refractivity contribution in [3.05, 3.63) is 62.8 Å². The van der Waals surface area contributed by atoms with Gasteiger partial charge in [0.2, 0.25) is 0 Å². The van der Waals surface area contributed by atoms with E-state index in [9.17, 15) is 4.39 Å². The first kappa shape index (κ1) is 13.6. The van der Waals surface area contributed by atoms with Crippen molar-refractivity contribution in [2.24, 2.45) is 0 Å². The average molecular weight is 373 g/mol. The van der Waals surface area contributed by atoms with E-state index in [4.69, 9.17) is 0 Å². The molecular formula is C14H12Br2FN. The molecule has 0 fully saturated rings. The highest BCUT2D eigenvalue weighted by Crippen LogP contribution is 2.28. The lowest BCUT2D eigenvalue weighted by molar-refractivity contribution is 0.627. The summed E-state index contributed by atoms with van der Waals surface area (Å²) in [7, 11) is 0. The Bertz CT molecular complexity index is 557. The van der Waals surface area contributed by atoms with Crippen LogP contribution in [0, 0.1) is 5.82 Å². The number of hydrogen-bond donors (Lipinski definition) is 1. The second-order valence-corrected chi connectivity index (χ2v) is 5.78. The summed E-state index contributed by atoms with van der Waals surface area (Å²) in [6, 6.07) is 12.8. The molecule has 1 nitrogen and oxygen atoms in total. The van der Waals surface area contributed by atoms with Crippen LogP contribution in [0.15, 0.2) is 51.4 Å². The van der Waals surface area contributed by atoms with Gasteiger partial charge in [-0.05, 0) is 36.8 Å². The van der Waals surface area contributed by atoms with E-state index < -0.39 is 0 Å². The van der Waals surface area contributed by atoms with Crippen molar-refractivity contribution < 1.29 is 4.39 Å². The third kappa shape index (κ3) is 3.12. The largest absolute Gasteiger partial charge is 0.376 e. The van der Waals surface area contributed by atoms with Crippen LogP contribution in [-0.4, -0.2) is 0 Å². The van der Waals surface area contributed by atoms with Crippen molar-refractivity contribution >= 4 is 37.5 Å². The first-order valence-corrected chi connectivity index (χ1v) is 7.12. The van der Waals surface area contributed by atoms with Gasteiger partial charge in [-0.25, -0.2) is 4.39 Å². The minimum absolute atomic E-state index is 0.0179. The number of nitrogens with one attached hydrogen (secondary N) is 1. The molecule has 2 rings (SSSR count). The Balaban J connectivity index is 2.24. The van der Waals surface area contributed by atoms with Gasteiger partial charge in [0.05, 0.1) is 5.69 Å². The standard InChI is InChI=1S/C14H12Br2FN/c1-9(11-4-2-3-5-12(11)16)18-14-8-10(15)6-7-13(14)17/h2-9,18H,1H3. The minimum Gasteiger partial charge on any atom is -0.376 e. The van der Waals surface area contributed by atoms with Gasteiger partial charge in [-0.1, -0.05) is 50.1 Å². The van der Waals surface area contributed by atoms with E-state index in [0.29, 0.717) is 5.69 Å². The van der Waals surface area contributed by atoms with Crippen LogP contribution in [0.25, 0.3) is 0 Å². The highest BCUT2D eigenvalue weighted by atomic mass is 79.9. The van der Waals surface area contributed by atoms with E-state index in [0.717, 1.165) is 14.5 Å². The fraction of sp³-hybridized carbons (Fsp3) is 0.143. The summed E-state index contributed by atoms with van der Waals surface area (Å²) in [5.41, 5.74) is 1.59. The van der Waals surface area contributed by atoms with E-state index in [2.05, 4.69) is 37.2 Å². The van der Waals surface area contributed by atoms with Gasteiger partial charge in [-0.2, -0.15) is 0 Å². The Morgan fingerprint density at radius 2 is 1.83 bits per heavy atom. The summed E-state index contributed by atoms with van der Waals surface area (Å²) in [4.78, 5) is 0. The molecule has 0 heterocycles. The van der Waals surface area contributed by atoms with Crippen LogP contribution < -0.4 is 5.32 Å². The van der Waals surface area contributed by atoms with E-state index in [1.165, 1.54) is 6.07 Å². The number of hydrogen-bond acceptors (Lipinski definition) is 1. The summed E-state index contributed by atoms with van der Waals surface area (Å²) in [5.74, 6) is -0.253. The number of anilines is 1. The molecule has 0 aromatic heterocycles. The summed E-state index contributed by atoms with van der Waals surface area (Å²) in [6.07, 6.45) is 0. The van der Waals surface area contributed by atoms with Crippen LogP contribution in [0.5, 0.6) is 0 Å². The Kier molecular flexibility index (Phi) is 4.40. The number of halogens is 3. The Morgan fingerprint density at radius 1 is 1.11 bits per heavy atom. The Morgan fingerprint density at radius 3 is 2.56 bits per heavy atom. The van der Waals surface area contributed by atoms with Crippen LogP contribution in [0.1, 0.15) is 18.5 Å². The molecule has 0 amide bonds. The van der Waals surface area contributed by atoms with Crippen molar-refractivity contribution in [2.75, 3.05) is 5.32 Å². The van der Waals surface area contributed by atoms with Gasteiger partial charge < -0.3 is 5.32 Å².